The molecule has 0 spiro atoms. The molecule has 0 aliphatic heterocycles. The van der Waals surface area contributed by atoms with E-state index in [0.717, 1.165) is 17.2 Å². The van der Waals surface area contributed by atoms with E-state index >= 15 is 0 Å². The molecule has 146 valence electrons. The number of aryl methyl sites for hydroxylation is 2. The summed E-state index contributed by atoms with van der Waals surface area (Å²) in [6.07, 6.45) is -4.40. The van der Waals surface area contributed by atoms with Crippen LogP contribution in [-0.2, 0) is 4.79 Å². The third kappa shape index (κ3) is 6.06. The minimum absolute atomic E-state index is 0.0117. The van der Waals surface area contributed by atoms with Gasteiger partial charge < -0.3 is 14.6 Å². The Bertz CT molecular complexity index is 811. The predicted molar refractivity (Wildman–Crippen MR) is 95.4 cm³/mol. The van der Waals surface area contributed by atoms with Crippen LogP contribution in [0.4, 0.5) is 13.2 Å². The molecule has 8 heteroatoms. The summed E-state index contributed by atoms with van der Waals surface area (Å²) in [6, 6.07) is 7.23. The fourth-order valence-corrected chi connectivity index (χ4v) is 2.88. The molecular weight excluding hydrogens is 385 g/mol. The first-order valence-corrected chi connectivity index (χ1v) is 8.46. The molecule has 2 rings (SSSR count). The van der Waals surface area contributed by atoms with E-state index in [9.17, 15) is 18.0 Å². The minimum Gasteiger partial charge on any atom is -0.493 e. The predicted octanol–water partition coefficient (Wildman–Crippen LogP) is 5.77. The Balaban J connectivity index is 2.27. The summed E-state index contributed by atoms with van der Waals surface area (Å²) in [5.74, 6) is -0.632. The highest BCUT2D eigenvalue weighted by Crippen LogP contribution is 2.37. The lowest BCUT2D eigenvalue weighted by atomic mass is 9.99. The zero-order valence-electron chi connectivity index (χ0n) is 14.7. The Hall–Kier alpha value is -2.41. The minimum atomic E-state index is -4.79. The number of hydrogen-bond acceptors (Lipinski definition) is 3. The molecule has 0 saturated carbocycles. The summed E-state index contributed by atoms with van der Waals surface area (Å²) in [5, 5.41) is 8.94. The second-order valence-electron chi connectivity index (χ2n) is 5.97. The van der Waals surface area contributed by atoms with E-state index in [1.807, 2.05) is 0 Å². The Morgan fingerprint density at radius 3 is 2.33 bits per heavy atom. The molecule has 4 nitrogen and oxygen atoms in total. The number of carboxylic acids is 1. The molecule has 0 heterocycles. The van der Waals surface area contributed by atoms with Gasteiger partial charge in [0.1, 0.15) is 11.5 Å². The van der Waals surface area contributed by atoms with Crippen molar-refractivity contribution in [3.63, 3.8) is 0 Å². The SMILES string of the molecule is Cc1cc(-c2cc(OC(F)(F)F)ccc2Cl)cc(C)c1OCCCC(=O)O. The van der Waals surface area contributed by atoms with Gasteiger partial charge in [0.05, 0.1) is 6.61 Å². The second kappa shape index (κ2) is 8.52. The number of benzene rings is 2. The fraction of sp³-hybridized carbons (Fsp3) is 0.316. The molecule has 0 saturated heterocycles. The van der Waals surface area contributed by atoms with Gasteiger partial charge in [-0.05, 0) is 67.3 Å². The first kappa shape index (κ1) is 20.9. The molecule has 1 N–H and O–H groups in total. The maximum Gasteiger partial charge on any atom is 0.573 e. The van der Waals surface area contributed by atoms with Gasteiger partial charge in [-0.3, -0.25) is 4.79 Å². The van der Waals surface area contributed by atoms with E-state index < -0.39 is 12.3 Å². The number of hydrogen-bond donors (Lipinski definition) is 1. The zero-order valence-corrected chi connectivity index (χ0v) is 15.4. The zero-order chi connectivity index (χ0) is 20.2. The summed E-state index contributed by atoms with van der Waals surface area (Å²) >= 11 is 6.15. The van der Waals surface area contributed by atoms with Crippen LogP contribution in [0, 0.1) is 13.8 Å². The number of carboxylic acid groups (broad SMARTS) is 1. The maximum absolute atomic E-state index is 12.4. The molecule has 0 unspecified atom stereocenters. The van der Waals surface area contributed by atoms with Crippen molar-refractivity contribution in [1.29, 1.82) is 0 Å². The van der Waals surface area contributed by atoms with E-state index in [2.05, 4.69) is 4.74 Å². The quantitative estimate of drug-likeness (QED) is 0.598. The number of ether oxygens (including phenoxy) is 2. The lowest BCUT2D eigenvalue weighted by Crippen LogP contribution is -2.17. The maximum atomic E-state index is 12.4. The molecule has 27 heavy (non-hydrogen) atoms. The normalized spacial score (nSPS) is 11.3. The Kier molecular flexibility index (Phi) is 6.59. The Morgan fingerprint density at radius 1 is 1.15 bits per heavy atom. The van der Waals surface area contributed by atoms with Crippen LogP contribution in [0.5, 0.6) is 11.5 Å². The summed E-state index contributed by atoms with van der Waals surface area (Å²) < 4.78 is 47.0. The van der Waals surface area contributed by atoms with E-state index in [1.54, 1.807) is 26.0 Å². The Labute approximate surface area is 159 Å². The molecule has 0 aliphatic carbocycles. The lowest BCUT2D eigenvalue weighted by Gasteiger charge is -2.16. The molecule has 0 aromatic heterocycles. The van der Waals surface area contributed by atoms with Crippen LogP contribution in [0.25, 0.3) is 11.1 Å². The number of rotatable bonds is 7. The van der Waals surface area contributed by atoms with Crippen LogP contribution in [0.1, 0.15) is 24.0 Å². The van der Waals surface area contributed by atoms with Crippen LogP contribution in [-0.4, -0.2) is 24.0 Å². The van der Waals surface area contributed by atoms with Crippen molar-refractivity contribution in [3.8, 4) is 22.6 Å². The number of alkyl halides is 3. The van der Waals surface area contributed by atoms with Gasteiger partial charge in [0.25, 0.3) is 0 Å². The monoisotopic (exact) mass is 402 g/mol. The average Bonchev–Trinajstić information content (AvgIpc) is 2.53. The summed E-state index contributed by atoms with van der Waals surface area (Å²) in [6.45, 7) is 3.85. The smallest absolute Gasteiger partial charge is 0.493 e. The lowest BCUT2D eigenvalue weighted by molar-refractivity contribution is -0.274. The van der Waals surface area contributed by atoms with Crippen molar-refractivity contribution >= 4 is 17.6 Å². The van der Waals surface area contributed by atoms with Gasteiger partial charge in [-0.25, -0.2) is 0 Å². The van der Waals surface area contributed by atoms with Gasteiger partial charge in [-0.1, -0.05) is 11.6 Å². The van der Waals surface area contributed by atoms with E-state index in [1.165, 1.54) is 12.1 Å². The van der Waals surface area contributed by atoms with E-state index in [-0.39, 0.29) is 18.8 Å². The first-order chi connectivity index (χ1) is 12.6. The molecule has 0 amide bonds. The summed E-state index contributed by atoms with van der Waals surface area (Å²) in [5.41, 5.74) is 2.56. The van der Waals surface area contributed by atoms with Crippen LogP contribution in [0.15, 0.2) is 30.3 Å². The fourth-order valence-electron chi connectivity index (χ4n) is 2.65. The van der Waals surface area contributed by atoms with Gasteiger partial charge in [0, 0.05) is 17.0 Å². The molecule has 0 aliphatic rings. The highest BCUT2D eigenvalue weighted by atomic mass is 35.5. The van der Waals surface area contributed by atoms with Crippen LogP contribution in [0.2, 0.25) is 5.02 Å². The van der Waals surface area contributed by atoms with E-state index in [0.29, 0.717) is 28.3 Å². The van der Waals surface area contributed by atoms with Crippen molar-refractivity contribution in [2.75, 3.05) is 6.61 Å². The molecule has 2 aromatic rings. The number of aliphatic carboxylic acids is 1. The molecule has 0 atom stereocenters. The number of halogens is 4. The second-order valence-corrected chi connectivity index (χ2v) is 6.38. The highest BCUT2D eigenvalue weighted by molar-refractivity contribution is 6.33. The third-order valence-electron chi connectivity index (χ3n) is 3.72. The van der Waals surface area contributed by atoms with Crippen molar-refractivity contribution in [1.82, 2.24) is 0 Å². The summed E-state index contributed by atoms with van der Waals surface area (Å²) in [7, 11) is 0. The van der Waals surface area contributed by atoms with Crippen LogP contribution >= 0.6 is 11.6 Å². The number of carbonyl (C=O) groups is 1. The third-order valence-corrected chi connectivity index (χ3v) is 4.05. The Morgan fingerprint density at radius 2 is 1.78 bits per heavy atom. The molecular formula is C19H18ClF3O4. The average molecular weight is 403 g/mol. The van der Waals surface area contributed by atoms with Crippen molar-refractivity contribution in [2.24, 2.45) is 0 Å². The van der Waals surface area contributed by atoms with Gasteiger partial charge in [0.15, 0.2) is 0 Å². The van der Waals surface area contributed by atoms with Crippen molar-refractivity contribution in [2.45, 2.75) is 33.1 Å². The molecule has 0 bridgehead atoms. The topological polar surface area (TPSA) is 55.8 Å². The van der Waals surface area contributed by atoms with Gasteiger partial charge in [0.2, 0.25) is 0 Å². The van der Waals surface area contributed by atoms with Gasteiger partial charge >= 0.3 is 12.3 Å². The van der Waals surface area contributed by atoms with Crippen LogP contribution < -0.4 is 9.47 Å². The largest absolute Gasteiger partial charge is 0.573 e. The molecule has 0 radical (unpaired) electrons. The van der Waals surface area contributed by atoms with Crippen molar-refractivity contribution < 1.29 is 32.5 Å². The summed E-state index contributed by atoms with van der Waals surface area (Å²) in [4.78, 5) is 10.5. The molecule has 0 fully saturated rings. The van der Waals surface area contributed by atoms with Gasteiger partial charge in [-0.15, -0.1) is 13.2 Å². The first-order valence-electron chi connectivity index (χ1n) is 8.08. The van der Waals surface area contributed by atoms with Crippen LogP contribution in [0.3, 0.4) is 0 Å². The van der Waals surface area contributed by atoms with E-state index in [4.69, 9.17) is 21.4 Å². The van der Waals surface area contributed by atoms with Crippen molar-refractivity contribution in [3.05, 3.63) is 46.5 Å². The van der Waals surface area contributed by atoms with Gasteiger partial charge in [-0.2, -0.15) is 0 Å². The highest BCUT2D eigenvalue weighted by Gasteiger charge is 2.31. The standard InChI is InChI=1S/C19H18ClF3O4/c1-11-8-13(9-12(2)18(11)26-7-3-4-17(24)25)15-10-14(5-6-16(15)20)27-19(21,22)23/h5-6,8-10H,3-4,7H2,1-2H3,(H,24,25). The molecule has 2 aromatic carbocycles.